The molecule has 0 radical (unpaired) electrons. The molecule has 1 aliphatic carbocycles. The Hall–Kier alpha value is -2.44. The van der Waals surface area contributed by atoms with E-state index in [2.05, 4.69) is 15.6 Å². The van der Waals surface area contributed by atoms with Gasteiger partial charge in [-0.05, 0) is 31.4 Å². The summed E-state index contributed by atoms with van der Waals surface area (Å²) in [6.45, 7) is 0.363. The molecule has 0 atom stereocenters. The van der Waals surface area contributed by atoms with Crippen molar-refractivity contribution in [3.8, 4) is 0 Å². The first-order valence-electron chi connectivity index (χ1n) is 6.83. The lowest BCUT2D eigenvalue weighted by atomic mass is 10.2. The summed E-state index contributed by atoms with van der Waals surface area (Å²) in [4.78, 5) is 37.7. The molecule has 3 N–H and O–H groups in total. The summed E-state index contributed by atoms with van der Waals surface area (Å²) in [7, 11) is 0. The number of carboxylic acids is 1. The van der Waals surface area contributed by atoms with Crippen molar-refractivity contribution in [1.29, 1.82) is 0 Å². The van der Waals surface area contributed by atoms with Crippen LogP contribution in [-0.2, 0) is 4.79 Å². The van der Waals surface area contributed by atoms with Crippen molar-refractivity contribution in [2.75, 3.05) is 6.54 Å². The number of aromatic carboxylic acids is 1. The van der Waals surface area contributed by atoms with Crippen LogP contribution in [0.3, 0.4) is 0 Å². The highest BCUT2D eigenvalue weighted by molar-refractivity contribution is 5.96. The zero-order valence-electron chi connectivity index (χ0n) is 11.5. The number of rotatable bonds is 7. The topological polar surface area (TPSA) is 108 Å². The Balaban J connectivity index is 1.72. The fourth-order valence-corrected chi connectivity index (χ4v) is 1.77. The summed E-state index contributed by atoms with van der Waals surface area (Å²) in [5.41, 5.74) is 0.0660. The average molecular weight is 291 g/mol. The maximum Gasteiger partial charge on any atom is 0.354 e. The van der Waals surface area contributed by atoms with Gasteiger partial charge in [0, 0.05) is 30.8 Å². The number of amides is 2. The minimum Gasteiger partial charge on any atom is -0.477 e. The summed E-state index contributed by atoms with van der Waals surface area (Å²) >= 11 is 0. The quantitative estimate of drug-likeness (QED) is 0.636. The van der Waals surface area contributed by atoms with Crippen LogP contribution >= 0.6 is 0 Å². The Bertz CT molecular complexity index is 555. The molecule has 1 saturated carbocycles. The molecule has 1 aliphatic rings. The van der Waals surface area contributed by atoms with Crippen molar-refractivity contribution in [3.05, 3.63) is 29.6 Å². The van der Waals surface area contributed by atoms with E-state index in [-0.39, 0.29) is 23.1 Å². The maximum absolute atomic E-state index is 11.8. The van der Waals surface area contributed by atoms with Gasteiger partial charge in [-0.15, -0.1) is 0 Å². The van der Waals surface area contributed by atoms with Crippen molar-refractivity contribution in [2.24, 2.45) is 0 Å². The highest BCUT2D eigenvalue weighted by Gasteiger charge is 2.22. The van der Waals surface area contributed by atoms with Crippen molar-refractivity contribution in [2.45, 2.75) is 31.7 Å². The number of aromatic nitrogens is 1. The Labute approximate surface area is 121 Å². The summed E-state index contributed by atoms with van der Waals surface area (Å²) < 4.78 is 0. The second-order valence-corrected chi connectivity index (χ2v) is 4.94. The first-order valence-corrected chi connectivity index (χ1v) is 6.83. The van der Waals surface area contributed by atoms with E-state index in [1.807, 2.05) is 0 Å². The average Bonchev–Trinajstić information content (AvgIpc) is 3.27. The van der Waals surface area contributed by atoms with Crippen LogP contribution in [0.25, 0.3) is 0 Å². The van der Waals surface area contributed by atoms with E-state index in [1.54, 1.807) is 0 Å². The molecule has 0 aliphatic heterocycles. The molecule has 1 heterocycles. The number of nitrogens with one attached hydrogen (secondary N) is 2. The molecule has 112 valence electrons. The van der Waals surface area contributed by atoms with Crippen LogP contribution in [0.15, 0.2) is 18.3 Å². The van der Waals surface area contributed by atoms with Crippen LogP contribution in [0.1, 0.15) is 46.5 Å². The fraction of sp³-hybridized carbons (Fsp3) is 0.429. The fourth-order valence-electron chi connectivity index (χ4n) is 1.77. The molecule has 1 aromatic rings. The van der Waals surface area contributed by atoms with Crippen LogP contribution in [0.4, 0.5) is 0 Å². The number of carbonyl (C=O) groups excluding carboxylic acids is 2. The Kier molecular flexibility index (Phi) is 4.86. The van der Waals surface area contributed by atoms with Crippen molar-refractivity contribution >= 4 is 17.8 Å². The third kappa shape index (κ3) is 4.87. The first kappa shape index (κ1) is 15.0. The Morgan fingerprint density at radius 2 is 2.10 bits per heavy atom. The van der Waals surface area contributed by atoms with Crippen molar-refractivity contribution in [1.82, 2.24) is 15.6 Å². The number of carbonyl (C=O) groups is 3. The van der Waals surface area contributed by atoms with Gasteiger partial charge in [0.1, 0.15) is 5.69 Å². The second-order valence-electron chi connectivity index (χ2n) is 4.94. The summed E-state index contributed by atoms with van der Waals surface area (Å²) in [6, 6.07) is 3.01. The summed E-state index contributed by atoms with van der Waals surface area (Å²) in [5.74, 6) is -1.55. The van der Waals surface area contributed by atoms with Gasteiger partial charge in [-0.3, -0.25) is 9.59 Å². The van der Waals surface area contributed by atoms with E-state index in [1.165, 1.54) is 18.3 Å². The van der Waals surface area contributed by atoms with E-state index in [0.717, 1.165) is 12.8 Å². The van der Waals surface area contributed by atoms with Crippen LogP contribution in [0.5, 0.6) is 0 Å². The molecule has 0 saturated heterocycles. The number of hydrogen-bond acceptors (Lipinski definition) is 4. The van der Waals surface area contributed by atoms with Crippen molar-refractivity contribution < 1.29 is 19.5 Å². The van der Waals surface area contributed by atoms with Gasteiger partial charge < -0.3 is 15.7 Å². The zero-order chi connectivity index (χ0) is 15.2. The van der Waals surface area contributed by atoms with Gasteiger partial charge in [0.25, 0.3) is 5.91 Å². The molecule has 7 nitrogen and oxygen atoms in total. The molecule has 0 spiro atoms. The molecule has 2 rings (SSSR count). The number of hydrogen-bond donors (Lipinski definition) is 3. The van der Waals surface area contributed by atoms with Gasteiger partial charge in [0.2, 0.25) is 5.91 Å². The third-order valence-corrected chi connectivity index (χ3v) is 3.05. The minimum absolute atomic E-state index is 0.00354. The Morgan fingerprint density at radius 1 is 1.33 bits per heavy atom. The normalized spacial score (nSPS) is 13.5. The highest BCUT2D eigenvalue weighted by atomic mass is 16.4. The molecule has 1 aromatic heterocycles. The smallest absolute Gasteiger partial charge is 0.354 e. The van der Waals surface area contributed by atoms with Gasteiger partial charge in [0.15, 0.2) is 0 Å². The second kappa shape index (κ2) is 6.83. The predicted octanol–water partition coefficient (Wildman–Crippen LogP) is 0.568. The van der Waals surface area contributed by atoms with Crippen LogP contribution in [-0.4, -0.2) is 40.5 Å². The van der Waals surface area contributed by atoms with E-state index in [4.69, 9.17) is 5.11 Å². The molecular weight excluding hydrogens is 274 g/mol. The molecule has 2 amide bonds. The highest BCUT2D eigenvalue weighted by Crippen LogP contribution is 2.18. The molecular formula is C14H17N3O4. The van der Waals surface area contributed by atoms with Crippen LogP contribution in [0.2, 0.25) is 0 Å². The number of pyridine rings is 1. The molecule has 7 heteroatoms. The van der Waals surface area contributed by atoms with Crippen LogP contribution < -0.4 is 10.6 Å². The Morgan fingerprint density at radius 3 is 2.76 bits per heavy atom. The molecule has 21 heavy (non-hydrogen) atoms. The minimum atomic E-state index is -1.18. The monoisotopic (exact) mass is 291 g/mol. The summed E-state index contributed by atoms with van der Waals surface area (Å²) in [6.07, 6.45) is 4.29. The molecule has 0 bridgehead atoms. The number of carboxylic acid groups (broad SMARTS) is 1. The largest absolute Gasteiger partial charge is 0.477 e. The van der Waals surface area contributed by atoms with Gasteiger partial charge in [0.05, 0.1) is 0 Å². The molecule has 0 aromatic carbocycles. The maximum atomic E-state index is 11.8. The lowest BCUT2D eigenvalue weighted by Gasteiger charge is -2.06. The van der Waals surface area contributed by atoms with E-state index in [9.17, 15) is 14.4 Å². The molecule has 0 unspecified atom stereocenters. The summed E-state index contributed by atoms with van der Waals surface area (Å²) in [5, 5.41) is 14.3. The van der Waals surface area contributed by atoms with Gasteiger partial charge >= 0.3 is 5.97 Å². The SMILES string of the molecule is O=C(CCCNC(=O)c1ccnc(C(=O)O)c1)NC1CC1. The van der Waals surface area contributed by atoms with Gasteiger partial charge in [-0.2, -0.15) is 0 Å². The molecule has 1 fully saturated rings. The zero-order valence-corrected chi connectivity index (χ0v) is 11.5. The standard InChI is InChI=1S/C14H17N3O4/c18-12(17-10-3-4-10)2-1-6-16-13(19)9-5-7-15-11(8-9)14(20)21/h5,7-8,10H,1-4,6H2,(H,16,19)(H,17,18)(H,20,21). The third-order valence-electron chi connectivity index (χ3n) is 3.05. The van der Waals surface area contributed by atoms with Crippen LogP contribution in [0, 0.1) is 0 Å². The predicted molar refractivity (Wildman–Crippen MR) is 73.9 cm³/mol. The van der Waals surface area contributed by atoms with Gasteiger partial charge in [-0.25, -0.2) is 9.78 Å². The van der Waals surface area contributed by atoms with Crippen molar-refractivity contribution in [3.63, 3.8) is 0 Å². The lowest BCUT2D eigenvalue weighted by Crippen LogP contribution is -2.28. The van der Waals surface area contributed by atoms with Gasteiger partial charge in [-0.1, -0.05) is 0 Å². The first-order chi connectivity index (χ1) is 10.1. The van der Waals surface area contributed by atoms with E-state index in [0.29, 0.717) is 25.4 Å². The van der Waals surface area contributed by atoms with E-state index >= 15 is 0 Å². The number of nitrogens with zero attached hydrogens (tertiary/aromatic N) is 1. The van der Waals surface area contributed by atoms with E-state index < -0.39 is 5.97 Å². The lowest BCUT2D eigenvalue weighted by molar-refractivity contribution is -0.121.